The molecular formula is C62H44. The summed E-state index contributed by atoms with van der Waals surface area (Å²) in [6, 6.07) is 82.7. The van der Waals surface area contributed by atoms with Crippen LogP contribution in [0.2, 0.25) is 0 Å². The number of hydrogen-bond acceptors (Lipinski definition) is 0. The fourth-order valence-electron chi connectivity index (χ4n) is 8.54. The van der Waals surface area contributed by atoms with E-state index >= 15 is 0 Å². The molecule has 0 fully saturated rings. The summed E-state index contributed by atoms with van der Waals surface area (Å²) in [7, 11) is 0. The summed E-state index contributed by atoms with van der Waals surface area (Å²) in [4.78, 5) is 0. The molecule has 0 heterocycles. The molecule has 0 saturated carbocycles. The highest BCUT2D eigenvalue weighted by molar-refractivity contribution is 6.04. The lowest BCUT2D eigenvalue weighted by atomic mass is 9.91. The van der Waals surface area contributed by atoms with Gasteiger partial charge in [0.25, 0.3) is 0 Å². The van der Waals surface area contributed by atoms with Gasteiger partial charge in [-0.1, -0.05) is 255 Å². The predicted octanol–water partition coefficient (Wildman–Crippen LogP) is 16.7. The minimum atomic E-state index is 1.15. The van der Waals surface area contributed by atoms with Gasteiger partial charge in [-0.3, -0.25) is 0 Å². The van der Waals surface area contributed by atoms with E-state index in [1.165, 1.54) is 76.8 Å². The second kappa shape index (κ2) is 17.7. The maximum Gasteiger partial charge on any atom is -0.00992 e. The summed E-state index contributed by atoms with van der Waals surface area (Å²) in [6.07, 6.45) is 13.6. The standard InChI is InChI=1S/C62H44/c1-3-15-51(16-4-1)61(59-27-13-22-49-19-7-11-25-56(49)59)43-47-33-29-45(30-34-47)37-39-54-41-40-53-21-9-10-24-55(53)58(54)42-38-46-31-35-48(36-32-46)44-62(52-17-5-2-6-18-52)60-28-14-23-50-20-8-12-26-57(50)60/h1-44H. The van der Waals surface area contributed by atoms with Crippen LogP contribution in [0.4, 0.5) is 0 Å². The molecule has 0 atom stereocenters. The Balaban J connectivity index is 0.939. The van der Waals surface area contributed by atoms with E-state index in [4.69, 9.17) is 0 Å². The molecule has 10 rings (SSSR count). The van der Waals surface area contributed by atoms with Crippen LogP contribution in [0, 0.1) is 0 Å². The van der Waals surface area contributed by atoms with Crippen molar-refractivity contribution in [2.45, 2.75) is 0 Å². The number of rotatable bonds is 10. The van der Waals surface area contributed by atoms with E-state index in [1.54, 1.807) is 0 Å². The van der Waals surface area contributed by atoms with Crippen molar-refractivity contribution in [1.82, 2.24) is 0 Å². The van der Waals surface area contributed by atoms with Gasteiger partial charge in [0.05, 0.1) is 0 Å². The maximum absolute atomic E-state index is 2.31. The third-order valence-corrected chi connectivity index (χ3v) is 11.7. The van der Waals surface area contributed by atoms with Gasteiger partial charge < -0.3 is 0 Å². The van der Waals surface area contributed by atoms with Gasteiger partial charge in [0.2, 0.25) is 0 Å². The van der Waals surface area contributed by atoms with Crippen LogP contribution in [0.15, 0.2) is 231 Å². The Kier molecular flexibility index (Phi) is 10.9. The molecule has 0 amide bonds. The summed E-state index contributed by atoms with van der Waals surface area (Å²) in [5.74, 6) is 0. The van der Waals surface area contributed by atoms with Crippen LogP contribution in [0.25, 0.3) is 79.9 Å². The van der Waals surface area contributed by atoms with Crippen LogP contribution in [0.3, 0.4) is 0 Å². The van der Waals surface area contributed by atoms with Crippen LogP contribution >= 0.6 is 0 Å². The molecule has 0 aliphatic heterocycles. The first-order valence-electron chi connectivity index (χ1n) is 21.3. The summed E-state index contributed by atoms with van der Waals surface area (Å²) in [6.45, 7) is 0. The van der Waals surface area contributed by atoms with Gasteiger partial charge in [0, 0.05) is 0 Å². The SMILES string of the molecule is C(=Cc1ccc2ccccc2c1C=Cc1ccc(C=C(c2ccccc2)c2cccc3ccccc23)cc1)c1ccc(C=C(c2ccccc2)c2cccc3ccccc23)cc1. The molecule has 0 aliphatic rings. The lowest BCUT2D eigenvalue weighted by Crippen LogP contribution is -1.90. The maximum atomic E-state index is 2.31. The van der Waals surface area contributed by atoms with Crippen molar-refractivity contribution in [3.05, 3.63) is 286 Å². The lowest BCUT2D eigenvalue weighted by molar-refractivity contribution is 1.57. The second-order valence-electron chi connectivity index (χ2n) is 15.7. The average molecular weight is 789 g/mol. The third kappa shape index (κ3) is 8.23. The molecule has 0 unspecified atom stereocenters. The van der Waals surface area contributed by atoms with Crippen LogP contribution in [-0.2, 0) is 0 Å². The normalized spacial score (nSPS) is 12.3. The van der Waals surface area contributed by atoms with E-state index in [-0.39, 0.29) is 0 Å². The first-order chi connectivity index (χ1) is 30.7. The van der Waals surface area contributed by atoms with E-state index in [1.807, 2.05) is 0 Å². The van der Waals surface area contributed by atoms with Gasteiger partial charge in [0.15, 0.2) is 0 Å². The first kappa shape index (κ1) is 38.2. The summed E-state index contributed by atoms with van der Waals surface area (Å²) >= 11 is 0. The Labute approximate surface area is 364 Å². The number of hydrogen-bond donors (Lipinski definition) is 0. The minimum Gasteiger partial charge on any atom is -0.0622 e. The molecule has 0 heteroatoms. The summed E-state index contributed by atoms with van der Waals surface area (Å²) in [5, 5.41) is 7.45. The van der Waals surface area contributed by atoms with Crippen LogP contribution in [0.1, 0.15) is 55.6 Å². The van der Waals surface area contributed by atoms with Crippen molar-refractivity contribution < 1.29 is 0 Å². The van der Waals surface area contributed by atoms with Gasteiger partial charge in [0.1, 0.15) is 0 Å². The molecule has 0 nitrogen and oxygen atoms in total. The van der Waals surface area contributed by atoms with Crippen molar-refractivity contribution in [3.8, 4) is 0 Å². The van der Waals surface area contributed by atoms with Crippen molar-refractivity contribution in [3.63, 3.8) is 0 Å². The van der Waals surface area contributed by atoms with E-state index in [2.05, 4.69) is 267 Å². The van der Waals surface area contributed by atoms with Crippen LogP contribution in [0.5, 0.6) is 0 Å². The fourth-order valence-corrected chi connectivity index (χ4v) is 8.54. The Morgan fingerprint density at radius 2 is 0.645 bits per heavy atom. The van der Waals surface area contributed by atoms with E-state index in [0.29, 0.717) is 0 Å². The Hall–Kier alpha value is -8.06. The molecule has 292 valence electrons. The molecule has 62 heavy (non-hydrogen) atoms. The Morgan fingerprint density at radius 3 is 1.15 bits per heavy atom. The Morgan fingerprint density at radius 1 is 0.258 bits per heavy atom. The van der Waals surface area contributed by atoms with Crippen LogP contribution in [-0.4, -0.2) is 0 Å². The molecule has 0 N–H and O–H groups in total. The zero-order valence-electron chi connectivity index (χ0n) is 34.4. The van der Waals surface area contributed by atoms with Crippen molar-refractivity contribution >= 4 is 79.9 Å². The molecular weight excluding hydrogens is 745 g/mol. The molecule has 0 saturated heterocycles. The second-order valence-corrected chi connectivity index (χ2v) is 15.7. The zero-order valence-corrected chi connectivity index (χ0v) is 34.4. The van der Waals surface area contributed by atoms with Gasteiger partial charge in [-0.05, 0) is 111 Å². The summed E-state index contributed by atoms with van der Waals surface area (Å²) < 4.78 is 0. The highest BCUT2D eigenvalue weighted by atomic mass is 14.2. The number of benzene rings is 10. The summed E-state index contributed by atoms with van der Waals surface area (Å²) in [5.41, 5.74) is 14.3. The third-order valence-electron chi connectivity index (χ3n) is 11.7. The molecule has 10 aromatic carbocycles. The molecule has 0 aromatic heterocycles. The Bertz CT molecular complexity index is 3280. The number of fused-ring (bicyclic) bond motifs is 3. The van der Waals surface area contributed by atoms with Crippen LogP contribution < -0.4 is 0 Å². The predicted molar refractivity (Wildman–Crippen MR) is 269 cm³/mol. The van der Waals surface area contributed by atoms with Crippen molar-refractivity contribution in [2.75, 3.05) is 0 Å². The van der Waals surface area contributed by atoms with E-state index in [9.17, 15) is 0 Å². The fraction of sp³-hybridized carbons (Fsp3) is 0. The lowest BCUT2D eigenvalue weighted by Gasteiger charge is -2.12. The highest BCUT2D eigenvalue weighted by Crippen LogP contribution is 2.34. The molecule has 10 aromatic rings. The van der Waals surface area contributed by atoms with E-state index < -0.39 is 0 Å². The van der Waals surface area contributed by atoms with Crippen molar-refractivity contribution in [1.29, 1.82) is 0 Å². The molecule has 0 aliphatic carbocycles. The van der Waals surface area contributed by atoms with E-state index in [0.717, 1.165) is 22.3 Å². The van der Waals surface area contributed by atoms with Gasteiger partial charge in [-0.15, -0.1) is 0 Å². The van der Waals surface area contributed by atoms with Gasteiger partial charge in [-0.2, -0.15) is 0 Å². The quantitative estimate of drug-likeness (QED) is 0.121. The average Bonchev–Trinajstić information content (AvgIpc) is 3.34. The largest absolute Gasteiger partial charge is 0.0622 e. The van der Waals surface area contributed by atoms with Crippen molar-refractivity contribution in [2.24, 2.45) is 0 Å². The molecule has 0 radical (unpaired) electrons. The monoisotopic (exact) mass is 788 g/mol. The smallest absolute Gasteiger partial charge is 0.00992 e. The van der Waals surface area contributed by atoms with Gasteiger partial charge >= 0.3 is 0 Å². The minimum absolute atomic E-state index is 1.15. The highest BCUT2D eigenvalue weighted by Gasteiger charge is 2.11. The first-order valence-corrected chi connectivity index (χ1v) is 21.3. The molecule has 0 spiro atoms. The zero-order chi connectivity index (χ0) is 41.5. The topological polar surface area (TPSA) is 0 Å². The van der Waals surface area contributed by atoms with Gasteiger partial charge in [-0.25, -0.2) is 0 Å². The molecule has 0 bridgehead atoms.